The quantitative estimate of drug-likeness (QED) is 0.321. The molecule has 2 heterocycles. The number of rotatable bonds is 6. The zero-order valence-electron chi connectivity index (χ0n) is 17.0. The molecule has 0 spiro atoms. The number of imidazole rings is 1. The highest BCUT2D eigenvalue weighted by Gasteiger charge is 2.45. The van der Waals surface area contributed by atoms with Gasteiger partial charge in [0.25, 0.3) is 11.7 Å². The summed E-state index contributed by atoms with van der Waals surface area (Å²) >= 11 is 3.38. The van der Waals surface area contributed by atoms with E-state index in [0.29, 0.717) is 25.1 Å². The summed E-state index contributed by atoms with van der Waals surface area (Å²) in [6, 6.07) is 14.1. The molecule has 0 aliphatic carbocycles. The van der Waals surface area contributed by atoms with Crippen LogP contribution in [-0.2, 0) is 16.1 Å². The maximum Gasteiger partial charge on any atom is 0.295 e. The van der Waals surface area contributed by atoms with Crippen molar-refractivity contribution in [1.29, 1.82) is 0 Å². The van der Waals surface area contributed by atoms with Gasteiger partial charge in [-0.2, -0.15) is 0 Å². The van der Waals surface area contributed by atoms with Gasteiger partial charge < -0.3 is 14.6 Å². The number of carbonyl (C=O) groups excluding carboxylic acids is 2. The van der Waals surface area contributed by atoms with Crippen molar-refractivity contribution in [3.63, 3.8) is 0 Å². The molecule has 1 aliphatic heterocycles. The number of carbonyl (C=O) groups is 2. The maximum absolute atomic E-state index is 13.0. The van der Waals surface area contributed by atoms with Gasteiger partial charge in [0.2, 0.25) is 0 Å². The Labute approximate surface area is 189 Å². The van der Waals surface area contributed by atoms with Crippen LogP contribution in [0.3, 0.4) is 0 Å². The SMILES string of the molecule is Cc1ccc(C2/C(=C(\O)c3ccc(Br)cc3)C(=O)C(=O)N2CCCn2ccnc2)cc1. The average Bonchev–Trinajstić information content (AvgIpc) is 3.37. The van der Waals surface area contributed by atoms with E-state index in [0.717, 1.165) is 15.6 Å². The van der Waals surface area contributed by atoms with Crippen molar-refractivity contribution in [2.45, 2.75) is 25.9 Å². The minimum atomic E-state index is -0.659. The Morgan fingerprint density at radius 3 is 2.42 bits per heavy atom. The van der Waals surface area contributed by atoms with Crippen LogP contribution in [0.15, 0.2) is 77.3 Å². The lowest BCUT2D eigenvalue weighted by Gasteiger charge is -2.25. The molecule has 1 aromatic heterocycles. The standard InChI is InChI=1S/C24H22BrN3O3/c1-16-3-5-17(6-4-16)21-20(22(29)18-7-9-19(25)10-8-18)23(30)24(31)28(21)13-2-12-27-14-11-26-15-27/h3-11,14-15,21,29H,2,12-13H2,1H3/b22-20+. The molecule has 31 heavy (non-hydrogen) atoms. The Morgan fingerprint density at radius 1 is 1.06 bits per heavy atom. The van der Waals surface area contributed by atoms with Crippen LogP contribution in [0.5, 0.6) is 0 Å². The normalized spacial score (nSPS) is 18.0. The van der Waals surface area contributed by atoms with Crippen LogP contribution < -0.4 is 0 Å². The van der Waals surface area contributed by atoms with Crippen LogP contribution in [-0.4, -0.2) is 37.8 Å². The predicted octanol–water partition coefficient (Wildman–Crippen LogP) is 4.47. The molecule has 0 bridgehead atoms. The molecule has 0 saturated carbocycles. The van der Waals surface area contributed by atoms with Gasteiger partial charge in [-0.1, -0.05) is 57.9 Å². The van der Waals surface area contributed by atoms with E-state index in [1.54, 1.807) is 41.7 Å². The van der Waals surface area contributed by atoms with Crippen molar-refractivity contribution in [1.82, 2.24) is 14.5 Å². The molecule has 2 aromatic carbocycles. The molecule has 1 atom stereocenters. The molecule has 1 saturated heterocycles. The van der Waals surface area contributed by atoms with Crippen molar-refractivity contribution in [2.75, 3.05) is 6.54 Å². The molecule has 1 aliphatic rings. The third kappa shape index (κ3) is 4.32. The van der Waals surface area contributed by atoms with Gasteiger partial charge in [-0.3, -0.25) is 9.59 Å². The monoisotopic (exact) mass is 479 g/mol. The van der Waals surface area contributed by atoms with E-state index in [1.165, 1.54) is 0 Å². The van der Waals surface area contributed by atoms with Crippen molar-refractivity contribution in [2.24, 2.45) is 0 Å². The number of aliphatic hydroxyl groups is 1. The minimum absolute atomic E-state index is 0.124. The van der Waals surface area contributed by atoms with Gasteiger partial charge in [0.1, 0.15) is 5.76 Å². The number of benzene rings is 2. The van der Waals surface area contributed by atoms with E-state index < -0.39 is 17.7 Å². The van der Waals surface area contributed by atoms with Crippen LogP contribution in [0.1, 0.15) is 29.2 Å². The first-order valence-electron chi connectivity index (χ1n) is 10.0. The van der Waals surface area contributed by atoms with Crippen LogP contribution in [0.2, 0.25) is 0 Å². The molecule has 6 nitrogen and oxygen atoms in total. The maximum atomic E-state index is 13.0. The first kappa shape index (κ1) is 21.1. The average molecular weight is 480 g/mol. The van der Waals surface area contributed by atoms with Crippen LogP contribution in [0, 0.1) is 6.92 Å². The first-order valence-corrected chi connectivity index (χ1v) is 10.8. The highest BCUT2D eigenvalue weighted by Crippen LogP contribution is 2.39. The number of hydrogen-bond donors (Lipinski definition) is 1. The molecule has 0 radical (unpaired) electrons. The van der Waals surface area contributed by atoms with E-state index in [1.807, 2.05) is 42.0 Å². The van der Waals surface area contributed by atoms with Crippen LogP contribution >= 0.6 is 15.9 Å². The lowest BCUT2D eigenvalue weighted by molar-refractivity contribution is -0.139. The molecule has 1 N–H and O–H groups in total. The Balaban J connectivity index is 1.72. The second kappa shape index (κ2) is 8.89. The fourth-order valence-corrected chi connectivity index (χ4v) is 4.08. The third-order valence-corrected chi connectivity index (χ3v) is 5.95. The van der Waals surface area contributed by atoms with Crippen molar-refractivity contribution < 1.29 is 14.7 Å². The van der Waals surface area contributed by atoms with Gasteiger partial charge in [-0.05, 0) is 31.0 Å². The lowest BCUT2D eigenvalue weighted by Crippen LogP contribution is -2.31. The third-order valence-electron chi connectivity index (χ3n) is 5.43. The number of aromatic nitrogens is 2. The van der Waals surface area contributed by atoms with E-state index in [4.69, 9.17) is 0 Å². The molecular formula is C24H22BrN3O3. The van der Waals surface area contributed by atoms with E-state index in [9.17, 15) is 14.7 Å². The van der Waals surface area contributed by atoms with Crippen molar-refractivity contribution >= 4 is 33.4 Å². The van der Waals surface area contributed by atoms with E-state index >= 15 is 0 Å². The molecule has 1 amide bonds. The van der Waals surface area contributed by atoms with E-state index in [2.05, 4.69) is 20.9 Å². The fraction of sp³-hybridized carbons (Fsp3) is 0.208. The predicted molar refractivity (Wildman–Crippen MR) is 121 cm³/mol. The molecule has 1 unspecified atom stereocenters. The zero-order chi connectivity index (χ0) is 22.0. The second-order valence-corrected chi connectivity index (χ2v) is 8.48. The Hall–Kier alpha value is -3.19. The van der Waals surface area contributed by atoms with Gasteiger partial charge in [0.15, 0.2) is 0 Å². The van der Waals surface area contributed by atoms with Crippen LogP contribution in [0.4, 0.5) is 0 Å². The number of aliphatic hydroxyl groups excluding tert-OH is 1. The second-order valence-electron chi connectivity index (χ2n) is 7.56. The summed E-state index contributed by atoms with van der Waals surface area (Å²) in [5.41, 5.74) is 2.50. The topological polar surface area (TPSA) is 75.4 Å². The number of likely N-dealkylation sites (tertiary alicyclic amines) is 1. The molecule has 1 fully saturated rings. The zero-order valence-corrected chi connectivity index (χ0v) is 18.6. The summed E-state index contributed by atoms with van der Waals surface area (Å²) in [6.45, 7) is 3.04. The van der Waals surface area contributed by atoms with Gasteiger partial charge >= 0.3 is 0 Å². The Bertz CT molecular complexity index is 1120. The smallest absolute Gasteiger partial charge is 0.295 e. The summed E-state index contributed by atoms with van der Waals surface area (Å²) in [5.74, 6) is -1.41. The summed E-state index contributed by atoms with van der Waals surface area (Å²) in [7, 11) is 0. The van der Waals surface area contributed by atoms with Crippen molar-refractivity contribution in [3.8, 4) is 0 Å². The summed E-state index contributed by atoms with van der Waals surface area (Å²) in [5, 5.41) is 11.0. The van der Waals surface area contributed by atoms with Gasteiger partial charge in [0.05, 0.1) is 17.9 Å². The number of amides is 1. The van der Waals surface area contributed by atoms with Gasteiger partial charge in [0, 0.05) is 35.5 Å². The number of ketones is 1. The number of halogens is 1. The van der Waals surface area contributed by atoms with E-state index in [-0.39, 0.29) is 11.3 Å². The highest BCUT2D eigenvalue weighted by molar-refractivity contribution is 9.10. The first-order chi connectivity index (χ1) is 15.0. The summed E-state index contributed by atoms with van der Waals surface area (Å²) in [6.07, 6.45) is 5.94. The number of hydrogen-bond acceptors (Lipinski definition) is 4. The molecule has 3 aromatic rings. The fourth-order valence-electron chi connectivity index (χ4n) is 3.81. The number of Topliss-reactive ketones (excluding diaryl/α,β-unsaturated/α-hetero) is 1. The Kier molecular flexibility index (Phi) is 6.04. The largest absolute Gasteiger partial charge is 0.507 e. The van der Waals surface area contributed by atoms with Crippen LogP contribution in [0.25, 0.3) is 5.76 Å². The molecule has 158 valence electrons. The number of nitrogens with zero attached hydrogens (tertiary/aromatic N) is 3. The van der Waals surface area contributed by atoms with Gasteiger partial charge in [-0.25, -0.2) is 4.98 Å². The number of aryl methyl sites for hydroxylation is 2. The molecular weight excluding hydrogens is 458 g/mol. The summed E-state index contributed by atoms with van der Waals surface area (Å²) < 4.78 is 2.79. The van der Waals surface area contributed by atoms with Gasteiger partial charge in [-0.15, -0.1) is 0 Å². The Morgan fingerprint density at radius 2 is 1.77 bits per heavy atom. The summed E-state index contributed by atoms with van der Waals surface area (Å²) in [4.78, 5) is 31.6. The molecule has 7 heteroatoms. The molecule has 4 rings (SSSR count). The minimum Gasteiger partial charge on any atom is -0.507 e. The lowest BCUT2D eigenvalue weighted by atomic mass is 9.94. The van der Waals surface area contributed by atoms with Crippen molar-refractivity contribution in [3.05, 3.63) is 94.0 Å². The highest BCUT2D eigenvalue weighted by atomic mass is 79.9.